The minimum atomic E-state index is -0.338. The fraction of sp³-hybridized carbons (Fsp3) is 0.261. The number of aryl methyl sites for hydroxylation is 1. The summed E-state index contributed by atoms with van der Waals surface area (Å²) in [4.78, 5) is 12.7. The number of ether oxygens (including phenoxy) is 1. The van der Waals surface area contributed by atoms with E-state index < -0.39 is 0 Å². The predicted molar refractivity (Wildman–Crippen MR) is 113 cm³/mol. The highest BCUT2D eigenvalue weighted by molar-refractivity contribution is 6.03. The highest BCUT2D eigenvalue weighted by atomic mass is 16.5. The lowest BCUT2D eigenvalue weighted by Crippen LogP contribution is -2.17. The van der Waals surface area contributed by atoms with Gasteiger partial charge in [-0.25, -0.2) is 0 Å². The Balaban J connectivity index is 1.77. The van der Waals surface area contributed by atoms with E-state index in [0.717, 1.165) is 11.3 Å². The molecule has 2 aromatic carbocycles. The number of nitrogens with zero attached hydrogens (tertiary/aromatic N) is 3. The van der Waals surface area contributed by atoms with Crippen molar-refractivity contribution in [3.8, 4) is 23.1 Å². The summed E-state index contributed by atoms with van der Waals surface area (Å²) in [6.07, 6.45) is 0. The molecular weight excluding hydrogens is 364 g/mol. The zero-order valence-corrected chi connectivity index (χ0v) is 17.1. The number of carbonyl (C=O) groups is 1. The second kappa shape index (κ2) is 8.19. The van der Waals surface area contributed by atoms with Gasteiger partial charge in [0.25, 0.3) is 5.91 Å². The molecule has 0 aliphatic carbocycles. The summed E-state index contributed by atoms with van der Waals surface area (Å²) in [6.45, 7) is 6.67. The lowest BCUT2D eigenvalue weighted by atomic mass is 9.98. The number of carbonyl (C=O) groups excluding carboxylic acids is 1. The molecule has 6 heteroatoms. The molecule has 1 N–H and O–H groups in total. The highest BCUT2D eigenvalue weighted by Gasteiger charge is 2.16. The fourth-order valence-corrected chi connectivity index (χ4v) is 2.77. The molecular formula is C23H24N4O2. The highest BCUT2D eigenvalue weighted by Crippen LogP contribution is 2.25. The summed E-state index contributed by atoms with van der Waals surface area (Å²) in [6, 6.07) is 18.7. The van der Waals surface area contributed by atoms with Gasteiger partial charge in [0, 0.05) is 12.7 Å². The topological polar surface area (TPSA) is 79.9 Å². The molecule has 0 radical (unpaired) electrons. The summed E-state index contributed by atoms with van der Waals surface area (Å²) < 4.78 is 7.43. The van der Waals surface area contributed by atoms with Crippen LogP contribution in [0.4, 0.5) is 5.69 Å². The zero-order valence-electron chi connectivity index (χ0n) is 17.1. The van der Waals surface area contributed by atoms with Crippen LogP contribution in [0.5, 0.6) is 5.75 Å². The molecule has 0 saturated heterocycles. The molecule has 1 amide bonds. The van der Waals surface area contributed by atoms with Gasteiger partial charge in [-0.3, -0.25) is 9.48 Å². The molecule has 29 heavy (non-hydrogen) atoms. The number of nitriles is 1. The molecule has 148 valence electrons. The van der Waals surface area contributed by atoms with Crippen LogP contribution in [-0.2, 0) is 7.05 Å². The van der Waals surface area contributed by atoms with E-state index in [-0.39, 0.29) is 11.3 Å². The molecule has 0 bridgehead atoms. The Bertz CT molecular complexity index is 1060. The number of aromatic nitrogens is 2. The van der Waals surface area contributed by atoms with Crippen molar-refractivity contribution in [2.24, 2.45) is 12.5 Å². The van der Waals surface area contributed by atoms with Crippen molar-refractivity contribution in [2.75, 3.05) is 11.9 Å². The Labute approximate surface area is 170 Å². The summed E-state index contributed by atoms with van der Waals surface area (Å²) in [7, 11) is 1.80. The van der Waals surface area contributed by atoms with E-state index in [9.17, 15) is 10.1 Å². The molecule has 3 rings (SSSR count). The van der Waals surface area contributed by atoms with Crippen LogP contribution in [0.1, 0.15) is 36.8 Å². The van der Waals surface area contributed by atoms with E-state index in [1.54, 1.807) is 36.0 Å². The van der Waals surface area contributed by atoms with Gasteiger partial charge in [-0.15, -0.1) is 0 Å². The Hall–Kier alpha value is -3.59. The van der Waals surface area contributed by atoms with Crippen molar-refractivity contribution in [2.45, 2.75) is 20.8 Å². The van der Waals surface area contributed by atoms with Gasteiger partial charge in [-0.05, 0) is 35.2 Å². The van der Waals surface area contributed by atoms with Gasteiger partial charge in [-0.2, -0.15) is 10.4 Å². The zero-order chi connectivity index (χ0) is 21.0. The first-order chi connectivity index (χ1) is 13.8. The van der Waals surface area contributed by atoms with Crippen LogP contribution in [0.3, 0.4) is 0 Å². The normalized spacial score (nSPS) is 11.0. The summed E-state index contributed by atoms with van der Waals surface area (Å²) >= 11 is 0. The van der Waals surface area contributed by atoms with Crippen molar-refractivity contribution >= 4 is 11.6 Å². The third-order valence-corrected chi connectivity index (χ3v) is 4.20. The molecule has 0 aliphatic heterocycles. The number of nitrogens with one attached hydrogen (secondary N) is 1. The Kier molecular flexibility index (Phi) is 5.69. The quantitative estimate of drug-likeness (QED) is 0.691. The van der Waals surface area contributed by atoms with E-state index in [0.29, 0.717) is 29.3 Å². The largest absolute Gasteiger partial charge is 0.492 e. The van der Waals surface area contributed by atoms with Gasteiger partial charge in [0.1, 0.15) is 11.8 Å². The number of rotatable bonds is 5. The van der Waals surface area contributed by atoms with Crippen molar-refractivity contribution < 1.29 is 9.53 Å². The van der Waals surface area contributed by atoms with Gasteiger partial charge in [0.2, 0.25) is 0 Å². The van der Waals surface area contributed by atoms with E-state index >= 15 is 0 Å². The summed E-state index contributed by atoms with van der Waals surface area (Å²) in [5.41, 5.74) is 3.00. The number of benzene rings is 2. The Morgan fingerprint density at radius 1 is 1.17 bits per heavy atom. The molecule has 0 spiro atoms. The fourth-order valence-electron chi connectivity index (χ4n) is 2.77. The number of amides is 1. The standard InChI is InChI=1S/C23H24N4O2/c1-23(2,3)15-29-21-11-10-18(12-17(21)14-24)25-22(28)19-13-20(27(4)26-19)16-8-6-5-7-9-16/h5-13H,15H2,1-4H3,(H,25,28). The third kappa shape index (κ3) is 5.02. The molecule has 0 unspecified atom stereocenters. The minimum absolute atomic E-state index is 0.0188. The molecule has 1 heterocycles. The second-order valence-corrected chi connectivity index (χ2v) is 8.03. The maximum atomic E-state index is 12.7. The van der Waals surface area contributed by atoms with Gasteiger partial charge >= 0.3 is 0 Å². The van der Waals surface area contributed by atoms with Gasteiger partial charge in [-0.1, -0.05) is 51.1 Å². The maximum Gasteiger partial charge on any atom is 0.276 e. The van der Waals surface area contributed by atoms with Gasteiger partial charge in [0.15, 0.2) is 5.69 Å². The molecule has 3 aromatic rings. The van der Waals surface area contributed by atoms with Gasteiger partial charge in [0.05, 0.1) is 17.9 Å². The molecule has 1 aromatic heterocycles. The van der Waals surface area contributed by atoms with Crippen molar-refractivity contribution in [3.05, 3.63) is 65.9 Å². The minimum Gasteiger partial charge on any atom is -0.492 e. The van der Waals surface area contributed by atoms with Crippen molar-refractivity contribution in [1.29, 1.82) is 5.26 Å². The first-order valence-electron chi connectivity index (χ1n) is 9.34. The van der Waals surface area contributed by atoms with Crippen LogP contribution in [0, 0.1) is 16.7 Å². The van der Waals surface area contributed by atoms with Crippen molar-refractivity contribution in [1.82, 2.24) is 9.78 Å². The molecule has 0 fully saturated rings. The molecule has 0 aliphatic rings. The van der Waals surface area contributed by atoms with Crippen LogP contribution >= 0.6 is 0 Å². The second-order valence-electron chi connectivity index (χ2n) is 8.03. The monoisotopic (exact) mass is 388 g/mol. The van der Waals surface area contributed by atoms with E-state index in [4.69, 9.17) is 4.74 Å². The lowest BCUT2D eigenvalue weighted by Gasteiger charge is -2.19. The molecule has 0 atom stereocenters. The van der Waals surface area contributed by atoms with Gasteiger partial charge < -0.3 is 10.1 Å². The van der Waals surface area contributed by atoms with Crippen LogP contribution in [0.25, 0.3) is 11.3 Å². The van der Waals surface area contributed by atoms with Crippen molar-refractivity contribution in [3.63, 3.8) is 0 Å². The first-order valence-corrected chi connectivity index (χ1v) is 9.34. The Morgan fingerprint density at radius 2 is 1.90 bits per heavy atom. The third-order valence-electron chi connectivity index (χ3n) is 4.20. The smallest absolute Gasteiger partial charge is 0.276 e. The first kappa shape index (κ1) is 20.2. The number of hydrogen-bond donors (Lipinski definition) is 1. The average molecular weight is 388 g/mol. The number of hydrogen-bond acceptors (Lipinski definition) is 4. The number of anilines is 1. The van der Waals surface area contributed by atoms with Crippen LogP contribution in [0.15, 0.2) is 54.6 Å². The lowest BCUT2D eigenvalue weighted by molar-refractivity contribution is 0.102. The van der Waals surface area contributed by atoms with Crippen LogP contribution in [0.2, 0.25) is 0 Å². The maximum absolute atomic E-state index is 12.7. The summed E-state index contributed by atoms with van der Waals surface area (Å²) in [5.74, 6) is 0.166. The van der Waals surface area contributed by atoms with E-state index in [1.807, 2.05) is 30.3 Å². The van der Waals surface area contributed by atoms with Crippen LogP contribution < -0.4 is 10.1 Å². The molecule has 6 nitrogen and oxygen atoms in total. The summed E-state index contributed by atoms with van der Waals surface area (Å²) in [5, 5.41) is 16.5. The average Bonchev–Trinajstić information content (AvgIpc) is 3.08. The van der Waals surface area contributed by atoms with E-state index in [2.05, 4.69) is 37.3 Å². The molecule has 0 saturated carbocycles. The SMILES string of the molecule is Cn1nc(C(=O)Nc2ccc(OCC(C)(C)C)c(C#N)c2)cc1-c1ccccc1. The Morgan fingerprint density at radius 3 is 2.55 bits per heavy atom. The van der Waals surface area contributed by atoms with E-state index in [1.165, 1.54) is 0 Å². The predicted octanol–water partition coefficient (Wildman–Crippen LogP) is 4.64. The van der Waals surface area contributed by atoms with Crippen LogP contribution in [-0.4, -0.2) is 22.3 Å².